The molecule has 320 valence electrons. The van der Waals surface area contributed by atoms with E-state index in [0.717, 1.165) is 46.2 Å². The van der Waals surface area contributed by atoms with Crippen molar-refractivity contribution in [1.29, 1.82) is 0 Å². The number of hydrogen-bond acceptors (Lipinski definition) is 12. The number of ether oxygens (including phenoxy) is 4. The number of nitrogens with one attached hydrogen (secondary N) is 2. The smallest absolute Gasteiger partial charge is 0.262 e. The minimum atomic E-state index is -1.00. The SMILES string of the molecule is COc1cc(-c2cn(C)c(=O)c3cnccc23)cc(OC)c1CN(C)C12CC(C(=O)NCCOCCOCCCc3cccc4c3C(=O)N(C3CCC(=O)NC3=O)C4=O)(C1)C2. The van der Waals surface area contributed by atoms with Crippen LogP contribution in [0.4, 0.5) is 0 Å². The third kappa shape index (κ3) is 7.57. The molecule has 2 aromatic heterocycles. The monoisotopic (exact) mass is 834 g/mol. The van der Waals surface area contributed by atoms with Crippen molar-refractivity contribution in [2.75, 3.05) is 54.2 Å². The van der Waals surface area contributed by atoms with Crippen LogP contribution >= 0.6 is 0 Å². The van der Waals surface area contributed by atoms with Gasteiger partial charge in [-0.05, 0) is 86.4 Å². The van der Waals surface area contributed by atoms with E-state index in [1.165, 1.54) is 0 Å². The van der Waals surface area contributed by atoms with Crippen molar-refractivity contribution >= 4 is 40.3 Å². The van der Waals surface area contributed by atoms with Gasteiger partial charge in [0.25, 0.3) is 17.4 Å². The van der Waals surface area contributed by atoms with Gasteiger partial charge in [-0.25, -0.2) is 0 Å². The summed E-state index contributed by atoms with van der Waals surface area (Å²) in [6.07, 6.45) is 8.68. The van der Waals surface area contributed by atoms with Crippen LogP contribution in [0.3, 0.4) is 0 Å². The normalized spacial score (nSPS) is 21.6. The molecule has 3 aliphatic carbocycles. The minimum Gasteiger partial charge on any atom is -0.496 e. The predicted octanol–water partition coefficient (Wildman–Crippen LogP) is 3.16. The lowest BCUT2D eigenvalue weighted by atomic mass is 9.38. The molecule has 0 spiro atoms. The zero-order chi connectivity index (χ0) is 43.1. The molecule has 2 aliphatic heterocycles. The van der Waals surface area contributed by atoms with Crippen LogP contribution in [0.1, 0.15) is 70.4 Å². The highest BCUT2D eigenvalue weighted by Gasteiger charge is 2.72. The first-order valence-corrected chi connectivity index (χ1v) is 20.6. The van der Waals surface area contributed by atoms with Crippen LogP contribution < -0.4 is 25.7 Å². The number of aryl methyl sites for hydroxylation is 2. The van der Waals surface area contributed by atoms with E-state index in [1.54, 1.807) is 56.4 Å². The molecule has 5 aliphatic rings. The molecule has 16 nitrogen and oxygen atoms in total. The van der Waals surface area contributed by atoms with E-state index >= 15 is 0 Å². The molecule has 1 saturated heterocycles. The molecule has 1 atom stereocenters. The number of pyridine rings is 2. The zero-order valence-electron chi connectivity index (χ0n) is 34.8. The van der Waals surface area contributed by atoms with Crippen molar-refractivity contribution in [3.63, 3.8) is 0 Å². The van der Waals surface area contributed by atoms with Crippen molar-refractivity contribution in [2.24, 2.45) is 12.5 Å². The number of hydrogen-bond donors (Lipinski definition) is 2. The molecule has 1 unspecified atom stereocenters. The Hall–Kier alpha value is -5.97. The summed E-state index contributed by atoms with van der Waals surface area (Å²) in [7, 11) is 7.08. The van der Waals surface area contributed by atoms with E-state index in [1.807, 2.05) is 24.4 Å². The Balaban J connectivity index is 0.748. The molecule has 0 radical (unpaired) electrons. The van der Waals surface area contributed by atoms with Crippen molar-refractivity contribution in [1.82, 2.24) is 30.0 Å². The van der Waals surface area contributed by atoms with Crippen molar-refractivity contribution in [3.05, 3.63) is 87.6 Å². The highest BCUT2D eigenvalue weighted by molar-refractivity contribution is 6.24. The number of fused-ring (bicyclic) bond motifs is 2. The Morgan fingerprint density at radius 1 is 0.934 bits per heavy atom. The molecule has 2 bridgehead atoms. The maximum atomic E-state index is 13.3. The summed E-state index contributed by atoms with van der Waals surface area (Å²) < 4.78 is 24.8. The van der Waals surface area contributed by atoms with E-state index in [4.69, 9.17) is 18.9 Å². The minimum absolute atomic E-state index is 0.0506. The fraction of sp³-hybridized carbons (Fsp3) is 0.444. The highest BCUT2D eigenvalue weighted by Crippen LogP contribution is 2.70. The second kappa shape index (κ2) is 16.8. The van der Waals surface area contributed by atoms with Gasteiger partial charge in [-0.3, -0.25) is 48.9 Å². The number of carbonyl (C=O) groups excluding carboxylic acids is 5. The van der Waals surface area contributed by atoms with E-state index in [9.17, 15) is 28.8 Å². The van der Waals surface area contributed by atoms with E-state index in [-0.39, 0.29) is 40.8 Å². The number of aromatic nitrogens is 2. The quantitative estimate of drug-likeness (QED) is 0.110. The number of nitrogens with zero attached hydrogens (tertiary/aromatic N) is 4. The number of piperidine rings is 1. The summed E-state index contributed by atoms with van der Waals surface area (Å²) in [5.74, 6) is -0.679. The van der Waals surface area contributed by atoms with E-state index in [0.29, 0.717) is 80.4 Å². The summed E-state index contributed by atoms with van der Waals surface area (Å²) in [5, 5.41) is 6.60. The molecule has 4 aromatic rings. The molecule has 2 aromatic carbocycles. The van der Waals surface area contributed by atoms with Gasteiger partial charge < -0.3 is 28.8 Å². The van der Waals surface area contributed by atoms with Crippen molar-refractivity contribution in [2.45, 2.75) is 63.1 Å². The van der Waals surface area contributed by atoms with Crippen LogP contribution in [0.2, 0.25) is 0 Å². The molecule has 4 heterocycles. The fourth-order valence-electron chi connectivity index (χ4n) is 9.53. The van der Waals surface area contributed by atoms with Gasteiger partial charge in [0, 0.05) is 62.9 Å². The third-order valence-electron chi connectivity index (χ3n) is 12.8. The molecule has 16 heteroatoms. The summed E-state index contributed by atoms with van der Waals surface area (Å²) in [6.45, 7) is 2.45. The molecular formula is C45H50N6O10. The molecule has 5 amide bonds. The van der Waals surface area contributed by atoms with E-state index in [2.05, 4.69) is 27.6 Å². The summed E-state index contributed by atoms with van der Waals surface area (Å²) in [5.41, 5.74) is 3.35. The average Bonchev–Trinajstić information content (AvgIpc) is 3.47. The van der Waals surface area contributed by atoms with Crippen LogP contribution in [-0.4, -0.2) is 115 Å². The van der Waals surface area contributed by atoms with Crippen molar-refractivity contribution in [3.8, 4) is 22.6 Å². The second-order valence-corrected chi connectivity index (χ2v) is 16.5. The lowest BCUT2D eigenvalue weighted by Gasteiger charge is -2.72. The van der Waals surface area contributed by atoms with Crippen LogP contribution in [0.15, 0.2) is 59.8 Å². The standard InChI is InChI=1S/C45H50N6O10/c1-49-22-32(29-12-13-46-21-31(29)40(49)54)28-19-35(58-3)33(36(20-28)59-4)23-50(2)45-24-44(25-45,26-45)43(57)47-14-16-61-18-17-60-15-6-8-27-7-5-9-30-38(27)42(56)51(41(30)55)34-10-11-37(52)48-39(34)53/h5,7,9,12-13,19-22,34H,6,8,10-11,14-18,23-26H2,1-4H3,(H,47,57)(H,48,52,53). The van der Waals surface area contributed by atoms with Crippen LogP contribution in [0.25, 0.3) is 21.9 Å². The number of imide groups is 2. The van der Waals surface area contributed by atoms with E-state index < -0.39 is 29.7 Å². The van der Waals surface area contributed by atoms with Gasteiger partial charge in [0.1, 0.15) is 17.5 Å². The van der Waals surface area contributed by atoms with Crippen LogP contribution in [0, 0.1) is 5.41 Å². The third-order valence-corrected chi connectivity index (χ3v) is 12.8. The van der Waals surface area contributed by atoms with Gasteiger partial charge in [0.2, 0.25) is 17.7 Å². The van der Waals surface area contributed by atoms with Gasteiger partial charge >= 0.3 is 0 Å². The van der Waals surface area contributed by atoms with Gasteiger partial charge in [-0.15, -0.1) is 0 Å². The number of carbonyl (C=O) groups is 5. The highest BCUT2D eigenvalue weighted by atomic mass is 16.5. The lowest BCUT2D eigenvalue weighted by molar-refractivity contribution is -0.215. The van der Waals surface area contributed by atoms with Crippen molar-refractivity contribution < 1.29 is 42.9 Å². The van der Waals surface area contributed by atoms with Gasteiger partial charge in [0.15, 0.2) is 0 Å². The Kier molecular flexibility index (Phi) is 11.5. The number of amides is 5. The summed E-state index contributed by atoms with van der Waals surface area (Å²) >= 11 is 0. The van der Waals surface area contributed by atoms with Crippen LogP contribution in [-0.2, 0) is 43.9 Å². The largest absolute Gasteiger partial charge is 0.496 e. The Labute approximate surface area is 352 Å². The summed E-state index contributed by atoms with van der Waals surface area (Å²) in [4.78, 5) is 83.8. The topological polar surface area (TPSA) is 188 Å². The molecule has 3 saturated carbocycles. The Morgan fingerprint density at radius 2 is 1.66 bits per heavy atom. The first kappa shape index (κ1) is 41.8. The van der Waals surface area contributed by atoms with Gasteiger partial charge in [-0.1, -0.05) is 12.1 Å². The predicted molar refractivity (Wildman–Crippen MR) is 222 cm³/mol. The molecule has 2 N–H and O–H groups in total. The molecule has 4 fully saturated rings. The van der Waals surface area contributed by atoms with Gasteiger partial charge in [-0.2, -0.15) is 0 Å². The zero-order valence-corrected chi connectivity index (χ0v) is 34.8. The summed E-state index contributed by atoms with van der Waals surface area (Å²) in [6, 6.07) is 9.90. The second-order valence-electron chi connectivity index (χ2n) is 16.5. The number of rotatable bonds is 18. The first-order valence-electron chi connectivity index (χ1n) is 20.6. The van der Waals surface area contributed by atoms with Gasteiger partial charge in [0.05, 0.1) is 61.5 Å². The average molecular weight is 835 g/mol. The Bertz CT molecular complexity index is 2450. The number of benzene rings is 2. The first-order chi connectivity index (χ1) is 29.4. The molecule has 9 rings (SSSR count). The maximum Gasteiger partial charge on any atom is 0.262 e. The maximum absolute atomic E-state index is 13.3. The van der Waals surface area contributed by atoms with Crippen LogP contribution in [0.5, 0.6) is 11.5 Å². The number of methoxy groups -OCH3 is 2. The molecular weight excluding hydrogens is 785 g/mol. The molecule has 61 heavy (non-hydrogen) atoms. The fourth-order valence-corrected chi connectivity index (χ4v) is 9.53. The lowest BCUT2D eigenvalue weighted by Crippen LogP contribution is -2.77. The Morgan fingerprint density at radius 3 is 2.36 bits per heavy atom.